The number of hydrogen-bond acceptors (Lipinski definition) is 6. The van der Waals surface area contributed by atoms with Crippen molar-refractivity contribution < 1.29 is 22.7 Å². The molecule has 2 aromatic carbocycles. The summed E-state index contributed by atoms with van der Waals surface area (Å²) in [5.74, 6) is 1.26. The molecule has 0 aromatic heterocycles. The highest BCUT2D eigenvalue weighted by atomic mass is 32.2. The second-order valence-corrected chi connectivity index (χ2v) is 13.3. The van der Waals surface area contributed by atoms with Gasteiger partial charge < -0.3 is 15.8 Å². The van der Waals surface area contributed by atoms with E-state index in [9.17, 15) is 18.0 Å². The number of nitrogens with zero attached hydrogens (tertiary/aromatic N) is 1. The van der Waals surface area contributed by atoms with E-state index in [1.807, 2.05) is 12.1 Å². The van der Waals surface area contributed by atoms with E-state index in [-0.39, 0.29) is 23.2 Å². The highest BCUT2D eigenvalue weighted by molar-refractivity contribution is 7.91. The van der Waals surface area contributed by atoms with Crippen LogP contribution in [0, 0.1) is 11.8 Å². The first kappa shape index (κ1) is 29.1. The molecule has 0 spiro atoms. The van der Waals surface area contributed by atoms with Crippen molar-refractivity contribution >= 4 is 21.8 Å². The fraction of sp³-hybridized carbons (Fsp3) is 0.533. The number of ether oxygens (including phenoxy) is 1. The maximum atomic E-state index is 13.3. The van der Waals surface area contributed by atoms with Crippen molar-refractivity contribution in [3.05, 3.63) is 64.7 Å². The highest BCUT2D eigenvalue weighted by Gasteiger charge is 2.32. The van der Waals surface area contributed by atoms with Crippen LogP contribution in [0.15, 0.2) is 47.4 Å². The Hall–Kier alpha value is -2.91. The van der Waals surface area contributed by atoms with Gasteiger partial charge in [-0.3, -0.25) is 9.69 Å². The van der Waals surface area contributed by atoms with E-state index in [1.54, 1.807) is 19.1 Å². The molecule has 0 radical (unpaired) electrons. The number of rotatable bonds is 10. The lowest BCUT2D eigenvalue weighted by Crippen LogP contribution is -2.33. The molecule has 1 heterocycles. The Kier molecular flexibility index (Phi) is 9.33. The fourth-order valence-corrected chi connectivity index (χ4v) is 6.83. The second-order valence-electron chi connectivity index (χ2n) is 11.0. The van der Waals surface area contributed by atoms with Gasteiger partial charge in [-0.15, -0.1) is 0 Å². The van der Waals surface area contributed by atoms with Gasteiger partial charge in [0.2, 0.25) is 0 Å². The predicted molar refractivity (Wildman–Crippen MR) is 151 cm³/mol. The molecule has 4 rings (SSSR count). The highest BCUT2D eigenvalue weighted by Crippen LogP contribution is 2.39. The smallest absolute Gasteiger partial charge is 0.404 e. The molecule has 8 nitrogen and oxygen atoms in total. The first-order chi connectivity index (χ1) is 18.6. The predicted octanol–water partition coefficient (Wildman–Crippen LogP) is 5.14. The van der Waals surface area contributed by atoms with Crippen LogP contribution in [0.25, 0.3) is 0 Å². The van der Waals surface area contributed by atoms with Crippen molar-refractivity contribution in [1.82, 2.24) is 10.2 Å². The Morgan fingerprint density at radius 1 is 1.08 bits per heavy atom. The maximum absolute atomic E-state index is 13.3. The van der Waals surface area contributed by atoms with Crippen molar-refractivity contribution in [1.29, 1.82) is 0 Å². The Morgan fingerprint density at radius 2 is 1.77 bits per heavy atom. The topological polar surface area (TPSA) is 119 Å². The number of amides is 2. The molecule has 0 saturated heterocycles. The van der Waals surface area contributed by atoms with E-state index in [2.05, 4.69) is 30.1 Å². The van der Waals surface area contributed by atoms with Gasteiger partial charge in [0.05, 0.1) is 16.7 Å². The van der Waals surface area contributed by atoms with Gasteiger partial charge in [0.1, 0.15) is 6.61 Å². The van der Waals surface area contributed by atoms with Crippen LogP contribution < -0.4 is 11.1 Å². The lowest BCUT2D eigenvalue weighted by atomic mass is 9.82. The lowest BCUT2D eigenvalue weighted by Gasteiger charge is -2.32. The molecule has 2 amide bonds. The minimum atomic E-state index is -3.36. The molecular formula is C30H41N3O5S. The third kappa shape index (κ3) is 7.00. The summed E-state index contributed by atoms with van der Waals surface area (Å²) in [6.07, 6.45) is 5.28. The fourth-order valence-electron chi connectivity index (χ4n) is 5.95. The minimum absolute atomic E-state index is 0.00813. The van der Waals surface area contributed by atoms with Gasteiger partial charge in [-0.25, -0.2) is 13.2 Å². The average molecular weight is 556 g/mol. The Morgan fingerprint density at radius 3 is 2.38 bits per heavy atom. The molecule has 0 unspecified atom stereocenters. The maximum Gasteiger partial charge on any atom is 0.404 e. The zero-order chi connectivity index (χ0) is 28.2. The van der Waals surface area contributed by atoms with Crippen molar-refractivity contribution in [2.45, 2.75) is 76.4 Å². The number of carbonyl (C=O) groups is 2. The van der Waals surface area contributed by atoms with Gasteiger partial charge in [0.25, 0.3) is 5.91 Å². The number of nitrogens with two attached hydrogens (primary N) is 1. The first-order valence-electron chi connectivity index (χ1n) is 14.0. The second kappa shape index (κ2) is 12.5. The lowest BCUT2D eigenvalue weighted by molar-refractivity contribution is 0.0898. The quantitative estimate of drug-likeness (QED) is 0.419. The molecule has 1 aliphatic carbocycles. The summed E-state index contributed by atoms with van der Waals surface area (Å²) in [5.41, 5.74) is 8.79. The number of fused-ring (bicyclic) bond motifs is 1. The molecule has 1 fully saturated rings. The van der Waals surface area contributed by atoms with Gasteiger partial charge in [0.15, 0.2) is 9.84 Å². The van der Waals surface area contributed by atoms with Crippen LogP contribution in [0.3, 0.4) is 0 Å². The van der Waals surface area contributed by atoms with Crippen molar-refractivity contribution in [3.8, 4) is 0 Å². The third-order valence-electron chi connectivity index (χ3n) is 8.31. The van der Waals surface area contributed by atoms with Crippen LogP contribution in [0.4, 0.5) is 4.79 Å². The van der Waals surface area contributed by atoms with Crippen molar-refractivity contribution in [2.75, 3.05) is 18.9 Å². The number of benzene rings is 2. The van der Waals surface area contributed by atoms with Gasteiger partial charge in [-0.2, -0.15) is 0 Å². The summed E-state index contributed by atoms with van der Waals surface area (Å²) in [7, 11) is -3.36. The van der Waals surface area contributed by atoms with E-state index >= 15 is 0 Å². The van der Waals surface area contributed by atoms with Crippen LogP contribution in [-0.2, 0) is 21.1 Å². The van der Waals surface area contributed by atoms with E-state index < -0.39 is 22.0 Å². The van der Waals surface area contributed by atoms with Gasteiger partial charge in [-0.1, -0.05) is 51.8 Å². The normalized spacial score (nSPS) is 22.2. The summed E-state index contributed by atoms with van der Waals surface area (Å²) in [6.45, 7) is 7.91. The summed E-state index contributed by atoms with van der Waals surface area (Å²) in [6, 6.07) is 11.8. The van der Waals surface area contributed by atoms with E-state index in [4.69, 9.17) is 10.5 Å². The van der Waals surface area contributed by atoms with E-state index in [0.29, 0.717) is 17.2 Å². The summed E-state index contributed by atoms with van der Waals surface area (Å²) >= 11 is 0. The SMILES string of the molecule is CC[C@H]1c2ccc(C(=O)N[C@@H](COC(N)=O)c3ccc(S(=O)(=O)CC)cc3)cc2CN1CC1CCC(C)CC1. The minimum Gasteiger partial charge on any atom is -0.447 e. The number of sulfone groups is 1. The molecule has 2 aliphatic rings. The first-order valence-corrected chi connectivity index (χ1v) is 15.7. The Bertz CT molecular complexity index is 1270. The molecule has 39 heavy (non-hydrogen) atoms. The number of primary amides is 1. The number of nitrogens with one attached hydrogen (secondary N) is 1. The Labute approximate surface area is 232 Å². The van der Waals surface area contributed by atoms with Gasteiger partial charge in [0, 0.05) is 24.7 Å². The summed E-state index contributed by atoms with van der Waals surface area (Å²) in [4.78, 5) is 27.4. The van der Waals surface area contributed by atoms with Crippen LogP contribution in [0.1, 0.15) is 92.0 Å². The molecule has 0 bridgehead atoms. The molecule has 1 saturated carbocycles. The van der Waals surface area contributed by atoms with Crippen molar-refractivity contribution in [3.63, 3.8) is 0 Å². The zero-order valence-electron chi connectivity index (χ0n) is 23.2. The summed E-state index contributed by atoms with van der Waals surface area (Å²) in [5, 5.41) is 2.94. The molecule has 3 N–H and O–H groups in total. The molecule has 212 valence electrons. The summed E-state index contributed by atoms with van der Waals surface area (Å²) < 4.78 is 29.4. The van der Waals surface area contributed by atoms with Crippen molar-refractivity contribution in [2.24, 2.45) is 17.6 Å². The number of hydrogen-bond donors (Lipinski definition) is 2. The zero-order valence-corrected chi connectivity index (χ0v) is 24.0. The van der Waals surface area contributed by atoms with Crippen LogP contribution in [0.5, 0.6) is 0 Å². The van der Waals surface area contributed by atoms with E-state index in [0.717, 1.165) is 31.3 Å². The third-order valence-corrected chi connectivity index (χ3v) is 10.1. The Balaban J connectivity index is 1.49. The number of carbonyl (C=O) groups excluding carboxylic acids is 2. The standard InChI is InChI=1S/C30H41N3O5S/c1-4-28-26-15-12-23(16-24(26)18-33(28)17-21-8-6-20(3)7-9-21)29(34)32-27(19-38-30(31)35)22-10-13-25(14-11-22)39(36,37)5-2/h10-16,20-21,27-28H,4-9,17-19H2,1-3H3,(H2,31,35)(H,32,34)/t20?,21?,27-,28-/m0/s1. The van der Waals surface area contributed by atoms with Crippen LogP contribution in [-0.4, -0.2) is 44.2 Å². The van der Waals surface area contributed by atoms with Gasteiger partial charge >= 0.3 is 6.09 Å². The molecule has 1 aliphatic heterocycles. The van der Waals surface area contributed by atoms with Crippen LogP contribution >= 0.6 is 0 Å². The molecule has 2 aromatic rings. The largest absolute Gasteiger partial charge is 0.447 e. The monoisotopic (exact) mass is 555 g/mol. The molecular weight excluding hydrogens is 514 g/mol. The average Bonchev–Trinajstić information content (AvgIpc) is 3.28. The van der Waals surface area contributed by atoms with Crippen LogP contribution in [0.2, 0.25) is 0 Å². The molecule has 9 heteroatoms. The van der Waals surface area contributed by atoms with E-state index in [1.165, 1.54) is 48.9 Å². The molecule has 2 atom stereocenters. The van der Waals surface area contributed by atoms with Gasteiger partial charge in [-0.05, 0) is 72.1 Å².